The number of hydrogen-bond acceptors (Lipinski definition) is 6. The molecule has 0 unspecified atom stereocenters. The summed E-state index contributed by atoms with van der Waals surface area (Å²) in [5.74, 6) is -1.71. The number of carbonyl (C=O) groups excluding carboxylic acids is 2. The molecule has 4 rings (SSSR count). The van der Waals surface area contributed by atoms with Crippen LogP contribution in [-0.2, 0) is 9.53 Å². The molecule has 1 N–H and O–H groups in total. The molecule has 0 spiro atoms. The summed E-state index contributed by atoms with van der Waals surface area (Å²) in [6.45, 7) is 5.50. The lowest BCUT2D eigenvalue weighted by atomic mass is 10.0. The summed E-state index contributed by atoms with van der Waals surface area (Å²) in [4.78, 5) is 26.0. The largest absolute Gasteiger partial charge is 0.462 e. The Bertz CT molecular complexity index is 1580. The molecular formula is C28H22ClFN4O3S. The van der Waals surface area contributed by atoms with E-state index in [1.165, 1.54) is 35.0 Å². The number of aryl methyl sites for hydroxylation is 2. The van der Waals surface area contributed by atoms with Gasteiger partial charge in [-0.25, -0.2) is 13.9 Å². The second-order valence-electron chi connectivity index (χ2n) is 8.24. The Morgan fingerprint density at radius 3 is 2.50 bits per heavy atom. The smallest absolute Gasteiger partial charge is 0.341 e. The zero-order valence-electron chi connectivity index (χ0n) is 20.7. The van der Waals surface area contributed by atoms with Gasteiger partial charge in [0.25, 0.3) is 5.91 Å². The van der Waals surface area contributed by atoms with E-state index in [0.29, 0.717) is 22.5 Å². The van der Waals surface area contributed by atoms with Crippen molar-refractivity contribution in [2.45, 2.75) is 20.8 Å². The fourth-order valence-corrected chi connectivity index (χ4v) is 4.97. The molecule has 2 heterocycles. The lowest BCUT2D eigenvalue weighted by molar-refractivity contribution is -0.112. The average Bonchev–Trinajstić information content (AvgIpc) is 3.44. The maximum Gasteiger partial charge on any atom is 0.341 e. The number of nitrogens with zero attached hydrogens (tertiary/aromatic N) is 3. The van der Waals surface area contributed by atoms with Gasteiger partial charge in [-0.05, 0) is 56.7 Å². The molecule has 2 aromatic heterocycles. The Hall–Kier alpha value is -4.26. The molecule has 10 heteroatoms. The maximum absolute atomic E-state index is 13.3. The fraction of sp³-hybridized carbons (Fsp3) is 0.143. The van der Waals surface area contributed by atoms with Crippen molar-refractivity contribution in [3.05, 3.63) is 92.8 Å². The van der Waals surface area contributed by atoms with Gasteiger partial charge in [0.05, 0.1) is 18.0 Å². The van der Waals surface area contributed by atoms with Crippen LogP contribution in [0.2, 0.25) is 5.15 Å². The highest BCUT2D eigenvalue weighted by Gasteiger charge is 2.24. The minimum atomic E-state index is -0.722. The summed E-state index contributed by atoms with van der Waals surface area (Å²) in [7, 11) is 0. The van der Waals surface area contributed by atoms with Crippen molar-refractivity contribution >= 4 is 45.9 Å². The van der Waals surface area contributed by atoms with Gasteiger partial charge in [0.2, 0.25) is 0 Å². The number of ether oxygens (including phenoxy) is 1. The highest BCUT2D eigenvalue weighted by molar-refractivity contribution is 7.15. The predicted molar refractivity (Wildman–Crippen MR) is 146 cm³/mol. The third-order valence-corrected chi connectivity index (χ3v) is 6.89. The molecule has 0 bridgehead atoms. The molecule has 0 aliphatic heterocycles. The van der Waals surface area contributed by atoms with Crippen LogP contribution in [0.1, 0.15) is 34.1 Å². The highest BCUT2D eigenvalue weighted by atomic mass is 35.5. The number of halogens is 2. The van der Waals surface area contributed by atoms with E-state index in [2.05, 4.69) is 10.4 Å². The molecule has 192 valence electrons. The summed E-state index contributed by atoms with van der Waals surface area (Å²) < 4.78 is 20.0. The lowest BCUT2D eigenvalue weighted by Gasteiger charge is -2.09. The van der Waals surface area contributed by atoms with Crippen LogP contribution in [0.15, 0.2) is 59.5 Å². The Morgan fingerprint density at radius 1 is 1.18 bits per heavy atom. The Kier molecular flexibility index (Phi) is 8.05. The number of benzene rings is 2. The molecule has 1 amide bonds. The van der Waals surface area contributed by atoms with E-state index in [9.17, 15) is 19.2 Å². The molecule has 2 aromatic carbocycles. The van der Waals surface area contributed by atoms with Crippen molar-refractivity contribution < 1.29 is 18.7 Å². The van der Waals surface area contributed by atoms with Crippen LogP contribution >= 0.6 is 22.9 Å². The highest BCUT2D eigenvalue weighted by Crippen LogP contribution is 2.37. The van der Waals surface area contributed by atoms with Crippen molar-refractivity contribution in [1.29, 1.82) is 5.26 Å². The lowest BCUT2D eigenvalue weighted by Crippen LogP contribution is -2.16. The van der Waals surface area contributed by atoms with E-state index in [4.69, 9.17) is 16.3 Å². The van der Waals surface area contributed by atoms with Crippen LogP contribution in [0.3, 0.4) is 0 Å². The van der Waals surface area contributed by atoms with Crippen LogP contribution in [0.4, 0.5) is 9.39 Å². The normalized spacial score (nSPS) is 11.2. The number of anilines is 1. The number of nitrogens with one attached hydrogen (secondary N) is 1. The third-order valence-electron chi connectivity index (χ3n) is 5.63. The van der Waals surface area contributed by atoms with Gasteiger partial charge in [-0.2, -0.15) is 10.4 Å². The maximum atomic E-state index is 13.3. The average molecular weight is 549 g/mol. The number of hydrogen-bond donors (Lipinski definition) is 1. The van der Waals surface area contributed by atoms with Crippen molar-refractivity contribution in [2.24, 2.45) is 0 Å². The van der Waals surface area contributed by atoms with Crippen molar-refractivity contribution in [2.75, 3.05) is 11.9 Å². The number of rotatable bonds is 7. The molecule has 0 radical (unpaired) electrons. The zero-order chi connectivity index (χ0) is 27.4. The van der Waals surface area contributed by atoms with Gasteiger partial charge < -0.3 is 10.1 Å². The van der Waals surface area contributed by atoms with Crippen molar-refractivity contribution in [1.82, 2.24) is 9.78 Å². The summed E-state index contributed by atoms with van der Waals surface area (Å²) in [5, 5.41) is 19.0. The standard InChI is InChI=1S/C28H22ClFN4O3S/c1-4-37-28(36)24-23(18-7-5-16(2)6-8-18)15-38-27(24)32-26(35)19(14-31)13-22-17(3)33-34(25(22)29)21-11-9-20(30)10-12-21/h5-13,15H,4H2,1-3H3,(H,32,35). The first-order valence-electron chi connectivity index (χ1n) is 11.5. The molecule has 0 saturated carbocycles. The Labute approximate surface area is 227 Å². The van der Waals surface area contributed by atoms with E-state index in [-0.39, 0.29) is 27.9 Å². The summed E-state index contributed by atoms with van der Waals surface area (Å²) in [5.41, 5.74) is 3.79. The van der Waals surface area contributed by atoms with Crippen LogP contribution in [0.25, 0.3) is 22.9 Å². The first-order valence-corrected chi connectivity index (χ1v) is 12.8. The van der Waals surface area contributed by atoms with E-state index in [0.717, 1.165) is 22.5 Å². The number of aromatic nitrogens is 2. The number of carbonyl (C=O) groups is 2. The van der Waals surface area contributed by atoms with Crippen LogP contribution in [0.5, 0.6) is 0 Å². The quantitative estimate of drug-likeness (QED) is 0.157. The minimum absolute atomic E-state index is 0.152. The van der Waals surface area contributed by atoms with E-state index in [1.54, 1.807) is 19.2 Å². The van der Waals surface area contributed by atoms with Crippen LogP contribution < -0.4 is 5.32 Å². The molecular weight excluding hydrogens is 527 g/mol. The van der Waals surface area contributed by atoms with Crippen LogP contribution in [-0.4, -0.2) is 28.3 Å². The van der Waals surface area contributed by atoms with Crippen LogP contribution in [0, 0.1) is 31.0 Å². The molecule has 0 aliphatic rings. The molecule has 7 nitrogen and oxygen atoms in total. The molecule has 0 fully saturated rings. The third kappa shape index (κ3) is 5.52. The molecule has 38 heavy (non-hydrogen) atoms. The SMILES string of the molecule is CCOC(=O)c1c(-c2ccc(C)cc2)csc1NC(=O)C(C#N)=Cc1c(C)nn(-c2ccc(F)cc2)c1Cl. The molecule has 0 saturated heterocycles. The Morgan fingerprint density at radius 2 is 1.87 bits per heavy atom. The second kappa shape index (κ2) is 11.4. The van der Waals surface area contributed by atoms with Gasteiger partial charge in [-0.3, -0.25) is 4.79 Å². The number of esters is 1. The molecule has 4 aromatic rings. The van der Waals surface area contributed by atoms with Gasteiger partial charge in [-0.15, -0.1) is 11.3 Å². The van der Waals surface area contributed by atoms with E-state index in [1.807, 2.05) is 37.3 Å². The number of thiophene rings is 1. The summed E-state index contributed by atoms with van der Waals surface area (Å²) in [6.07, 6.45) is 1.33. The summed E-state index contributed by atoms with van der Waals surface area (Å²) in [6, 6.07) is 15.1. The minimum Gasteiger partial charge on any atom is -0.462 e. The van der Waals surface area contributed by atoms with Gasteiger partial charge in [0.15, 0.2) is 0 Å². The van der Waals surface area contributed by atoms with Crippen molar-refractivity contribution in [3.8, 4) is 22.9 Å². The predicted octanol–water partition coefficient (Wildman–Crippen LogP) is 6.73. The summed E-state index contributed by atoms with van der Waals surface area (Å²) >= 11 is 7.67. The second-order valence-corrected chi connectivity index (χ2v) is 9.48. The number of nitriles is 1. The molecule has 0 atom stereocenters. The van der Waals surface area contributed by atoms with Gasteiger partial charge in [0.1, 0.15) is 33.2 Å². The van der Waals surface area contributed by atoms with Crippen molar-refractivity contribution in [3.63, 3.8) is 0 Å². The van der Waals surface area contributed by atoms with Gasteiger partial charge in [-0.1, -0.05) is 41.4 Å². The first kappa shape index (κ1) is 26.8. The number of amides is 1. The van der Waals surface area contributed by atoms with Gasteiger partial charge in [0, 0.05) is 16.5 Å². The monoisotopic (exact) mass is 548 g/mol. The zero-order valence-corrected chi connectivity index (χ0v) is 22.3. The van der Waals surface area contributed by atoms with E-state index >= 15 is 0 Å². The first-order chi connectivity index (χ1) is 18.2. The Balaban J connectivity index is 1.68. The molecule has 0 aliphatic carbocycles. The van der Waals surface area contributed by atoms with Gasteiger partial charge >= 0.3 is 5.97 Å². The fourth-order valence-electron chi connectivity index (χ4n) is 3.69. The van der Waals surface area contributed by atoms with E-state index < -0.39 is 17.7 Å². The topological polar surface area (TPSA) is 97.0 Å².